The molecule has 2 heterocycles. The summed E-state index contributed by atoms with van der Waals surface area (Å²) in [4.78, 5) is 4.90. The fourth-order valence-corrected chi connectivity index (χ4v) is 2.81. The van der Waals surface area contributed by atoms with Crippen molar-refractivity contribution in [1.29, 1.82) is 0 Å². The maximum absolute atomic E-state index is 9.07. The Morgan fingerprint density at radius 1 is 0.812 bits per heavy atom. The second-order valence-electron chi connectivity index (χ2n) is 5.28. The molecule has 0 bridgehead atoms. The first-order valence-electron chi connectivity index (χ1n) is 6.48. The fourth-order valence-electron chi connectivity index (χ4n) is 2.81. The van der Waals surface area contributed by atoms with Crippen LogP contribution in [0.1, 0.15) is 12.8 Å². The highest BCUT2D eigenvalue weighted by molar-refractivity contribution is 4.79. The highest BCUT2D eigenvalue weighted by atomic mass is 16.3. The van der Waals surface area contributed by atoms with Crippen LogP contribution in [-0.2, 0) is 0 Å². The van der Waals surface area contributed by atoms with Crippen LogP contribution in [0.2, 0.25) is 0 Å². The molecule has 2 N–H and O–H groups in total. The SMILES string of the molecule is OCC1CCN(CCN2CCC(CO)C2)C1. The molecule has 2 rings (SSSR count). The summed E-state index contributed by atoms with van der Waals surface area (Å²) in [6.45, 7) is 7.33. The molecule has 0 aromatic carbocycles. The van der Waals surface area contributed by atoms with E-state index in [1.54, 1.807) is 0 Å². The molecule has 0 radical (unpaired) electrons. The first kappa shape index (κ1) is 12.3. The average Bonchev–Trinajstić information content (AvgIpc) is 2.95. The van der Waals surface area contributed by atoms with E-state index in [1.807, 2.05) is 0 Å². The Hall–Kier alpha value is -0.160. The van der Waals surface area contributed by atoms with E-state index in [2.05, 4.69) is 9.80 Å². The highest BCUT2D eigenvalue weighted by Gasteiger charge is 2.24. The van der Waals surface area contributed by atoms with Crippen LogP contribution in [0.3, 0.4) is 0 Å². The van der Waals surface area contributed by atoms with Gasteiger partial charge >= 0.3 is 0 Å². The summed E-state index contributed by atoms with van der Waals surface area (Å²) in [5, 5.41) is 18.1. The van der Waals surface area contributed by atoms with Crippen LogP contribution in [0.25, 0.3) is 0 Å². The molecule has 2 aliphatic heterocycles. The zero-order chi connectivity index (χ0) is 11.4. The fraction of sp³-hybridized carbons (Fsp3) is 1.00. The predicted octanol–water partition coefficient (Wildman–Crippen LogP) is -0.385. The molecule has 16 heavy (non-hydrogen) atoms. The number of aliphatic hydroxyl groups excluding tert-OH is 2. The maximum atomic E-state index is 9.07. The quantitative estimate of drug-likeness (QED) is 0.673. The average molecular weight is 228 g/mol. The Kier molecular flexibility index (Phi) is 4.58. The van der Waals surface area contributed by atoms with E-state index in [9.17, 15) is 0 Å². The van der Waals surface area contributed by atoms with E-state index >= 15 is 0 Å². The third kappa shape index (κ3) is 3.17. The van der Waals surface area contributed by atoms with E-state index in [1.165, 1.54) is 0 Å². The van der Waals surface area contributed by atoms with Crippen molar-refractivity contribution < 1.29 is 10.2 Å². The molecular formula is C12H24N2O2. The molecule has 0 amide bonds. The molecule has 0 spiro atoms. The van der Waals surface area contributed by atoms with Crippen molar-refractivity contribution in [3.63, 3.8) is 0 Å². The van der Waals surface area contributed by atoms with Crippen molar-refractivity contribution in [3.05, 3.63) is 0 Å². The van der Waals surface area contributed by atoms with Gasteiger partial charge in [-0.3, -0.25) is 0 Å². The molecule has 0 aliphatic carbocycles. The van der Waals surface area contributed by atoms with Crippen LogP contribution < -0.4 is 0 Å². The van der Waals surface area contributed by atoms with Gasteiger partial charge in [0.25, 0.3) is 0 Å². The molecule has 4 nitrogen and oxygen atoms in total. The number of rotatable bonds is 5. The van der Waals surface area contributed by atoms with E-state index in [0.29, 0.717) is 25.0 Å². The number of hydrogen-bond acceptors (Lipinski definition) is 4. The van der Waals surface area contributed by atoms with Gasteiger partial charge in [0.15, 0.2) is 0 Å². The van der Waals surface area contributed by atoms with Crippen molar-refractivity contribution in [1.82, 2.24) is 9.80 Å². The standard InChI is InChI=1S/C12H24N2O2/c15-9-11-1-3-13(7-11)5-6-14-4-2-12(8-14)10-16/h11-12,15-16H,1-10H2. The molecular weight excluding hydrogens is 204 g/mol. The van der Waals surface area contributed by atoms with Gasteiger partial charge in [0.05, 0.1) is 0 Å². The Labute approximate surface area is 97.9 Å². The van der Waals surface area contributed by atoms with Gasteiger partial charge in [-0.15, -0.1) is 0 Å². The van der Waals surface area contributed by atoms with Crippen LogP contribution >= 0.6 is 0 Å². The van der Waals surface area contributed by atoms with Gasteiger partial charge < -0.3 is 20.0 Å². The first-order valence-corrected chi connectivity index (χ1v) is 6.48. The van der Waals surface area contributed by atoms with Crippen molar-refractivity contribution in [3.8, 4) is 0 Å². The molecule has 2 saturated heterocycles. The second-order valence-corrected chi connectivity index (χ2v) is 5.28. The smallest absolute Gasteiger partial charge is 0.0471 e. The van der Waals surface area contributed by atoms with Gasteiger partial charge in [0.2, 0.25) is 0 Å². The van der Waals surface area contributed by atoms with Crippen LogP contribution in [0, 0.1) is 11.8 Å². The minimum atomic E-state index is 0.340. The van der Waals surface area contributed by atoms with Crippen LogP contribution in [0.5, 0.6) is 0 Å². The third-order valence-electron chi connectivity index (χ3n) is 3.99. The summed E-state index contributed by atoms with van der Waals surface area (Å²) in [6, 6.07) is 0. The topological polar surface area (TPSA) is 46.9 Å². The van der Waals surface area contributed by atoms with Crippen molar-refractivity contribution >= 4 is 0 Å². The molecule has 0 aromatic heterocycles. The number of nitrogens with zero attached hydrogens (tertiary/aromatic N) is 2. The lowest BCUT2D eigenvalue weighted by atomic mass is 10.1. The van der Waals surface area contributed by atoms with Crippen LogP contribution in [0.4, 0.5) is 0 Å². The monoisotopic (exact) mass is 228 g/mol. The minimum Gasteiger partial charge on any atom is -0.396 e. The lowest BCUT2D eigenvalue weighted by Crippen LogP contribution is -2.33. The Morgan fingerprint density at radius 3 is 1.56 bits per heavy atom. The van der Waals surface area contributed by atoms with Crippen molar-refractivity contribution in [2.24, 2.45) is 11.8 Å². The maximum Gasteiger partial charge on any atom is 0.0471 e. The second kappa shape index (κ2) is 5.96. The summed E-state index contributed by atoms with van der Waals surface area (Å²) in [5.74, 6) is 1.01. The molecule has 0 aromatic rings. The zero-order valence-electron chi connectivity index (χ0n) is 10.0. The largest absolute Gasteiger partial charge is 0.396 e. The molecule has 2 aliphatic rings. The molecule has 2 unspecified atom stereocenters. The lowest BCUT2D eigenvalue weighted by molar-refractivity contribution is 0.201. The Balaban J connectivity index is 1.61. The van der Waals surface area contributed by atoms with E-state index in [-0.39, 0.29) is 0 Å². The first-order chi connectivity index (χ1) is 7.81. The highest BCUT2D eigenvalue weighted by Crippen LogP contribution is 2.17. The van der Waals surface area contributed by atoms with Crippen LogP contribution in [0.15, 0.2) is 0 Å². The third-order valence-corrected chi connectivity index (χ3v) is 3.99. The molecule has 94 valence electrons. The van der Waals surface area contributed by atoms with Crippen LogP contribution in [-0.4, -0.2) is 72.5 Å². The molecule has 4 heteroatoms. The summed E-state index contributed by atoms with van der Waals surface area (Å²) in [6.07, 6.45) is 2.30. The van der Waals surface area contributed by atoms with E-state index < -0.39 is 0 Å². The predicted molar refractivity (Wildman–Crippen MR) is 63.3 cm³/mol. The van der Waals surface area contributed by atoms with Crippen molar-refractivity contribution in [2.45, 2.75) is 12.8 Å². The lowest BCUT2D eigenvalue weighted by Gasteiger charge is -2.21. The van der Waals surface area contributed by atoms with Gasteiger partial charge in [0, 0.05) is 39.4 Å². The zero-order valence-corrected chi connectivity index (χ0v) is 10.0. The number of likely N-dealkylation sites (tertiary alicyclic amines) is 2. The Bertz CT molecular complexity index is 191. The number of hydrogen-bond donors (Lipinski definition) is 2. The minimum absolute atomic E-state index is 0.340. The molecule has 2 fully saturated rings. The van der Waals surface area contributed by atoms with Gasteiger partial charge in [0.1, 0.15) is 0 Å². The summed E-state index contributed by atoms with van der Waals surface area (Å²) < 4.78 is 0. The van der Waals surface area contributed by atoms with Gasteiger partial charge in [-0.1, -0.05) is 0 Å². The van der Waals surface area contributed by atoms with E-state index in [4.69, 9.17) is 10.2 Å². The number of aliphatic hydroxyl groups is 2. The molecule has 0 saturated carbocycles. The van der Waals surface area contributed by atoms with Crippen molar-refractivity contribution in [2.75, 3.05) is 52.5 Å². The van der Waals surface area contributed by atoms with Gasteiger partial charge in [-0.05, 0) is 37.8 Å². The van der Waals surface area contributed by atoms with E-state index in [0.717, 1.165) is 52.1 Å². The van der Waals surface area contributed by atoms with Gasteiger partial charge in [-0.2, -0.15) is 0 Å². The summed E-state index contributed by atoms with van der Waals surface area (Å²) in [5.41, 5.74) is 0. The molecule has 2 atom stereocenters. The summed E-state index contributed by atoms with van der Waals surface area (Å²) >= 11 is 0. The Morgan fingerprint density at radius 2 is 1.25 bits per heavy atom. The summed E-state index contributed by atoms with van der Waals surface area (Å²) in [7, 11) is 0. The normalized spacial score (nSPS) is 32.6. The van der Waals surface area contributed by atoms with Gasteiger partial charge in [-0.25, -0.2) is 0 Å².